The first-order valence-corrected chi connectivity index (χ1v) is 4.89. The quantitative estimate of drug-likeness (QED) is 0.635. The van der Waals surface area contributed by atoms with Crippen LogP contribution in [0, 0.1) is 0 Å². The molecular weight excluding hydrogens is 192 g/mol. The van der Waals surface area contributed by atoms with Crippen LogP contribution in [0.2, 0.25) is 0 Å². The van der Waals surface area contributed by atoms with Crippen molar-refractivity contribution in [2.45, 2.75) is 12.8 Å². The number of hydrogen-bond donors (Lipinski definition) is 2. The summed E-state index contributed by atoms with van der Waals surface area (Å²) in [6, 6.07) is 7.54. The summed E-state index contributed by atoms with van der Waals surface area (Å²) in [4.78, 5) is 14.6. The molecule has 0 saturated heterocycles. The number of esters is 1. The fraction of sp³-hybridized carbons (Fsp3) is 0.273. The molecule has 4 heteroatoms. The fourth-order valence-corrected chi connectivity index (χ4v) is 1.74. The Balaban J connectivity index is 2.35. The Bertz CT molecular complexity index is 426. The number of nitrogens with two attached hydrogens (primary N) is 1. The van der Waals surface area contributed by atoms with Crippen LogP contribution in [0.25, 0.3) is 0 Å². The molecule has 0 amide bonds. The van der Waals surface area contributed by atoms with E-state index < -0.39 is 5.92 Å². The predicted octanol–water partition coefficient (Wildman–Crippen LogP) is -0.584. The van der Waals surface area contributed by atoms with Gasteiger partial charge < -0.3 is 4.74 Å². The van der Waals surface area contributed by atoms with Gasteiger partial charge in [0.05, 0.1) is 6.61 Å². The van der Waals surface area contributed by atoms with E-state index in [2.05, 4.69) is 4.99 Å². The van der Waals surface area contributed by atoms with Crippen LogP contribution < -0.4 is 10.7 Å². The van der Waals surface area contributed by atoms with Crippen molar-refractivity contribution in [3.05, 3.63) is 29.8 Å². The molecule has 78 valence electrons. The maximum atomic E-state index is 11.7. The Kier molecular flexibility index (Phi) is 2.41. The van der Waals surface area contributed by atoms with Crippen LogP contribution >= 0.6 is 0 Å². The highest BCUT2D eigenvalue weighted by molar-refractivity contribution is 6.05. The predicted molar refractivity (Wildman–Crippen MR) is 55.6 cm³/mol. The highest BCUT2D eigenvalue weighted by Crippen LogP contribution is 2.24. The second-order valence-corrected chi connectivity index (χ2v) is 3.35. The molecule has 1 heterocycles. The van der Waals surface area contributed by atoms with E-state index in [1.54, 1.807) is 6.92 Å². The normalized spacial score (nSPS) is 18.2. The van der Waals surface area contributed by atoms with Crippen LogP contribution in [0.15, 0.2) is 24.3 Å². The smallest absolute Gasteiger partial charge is 0.326 e. The van der Waals surface area contributed by atoms with Gasteiger partial charge in [0.1, 0.15) is 5.69 Å². The number of carbonyl (C=O) groups excluding carboxylic acids is 1. The minimum absolute atomic E-state index is 0.299. The molecule has 15 heavy (non-hydrogen) atoms. The van der Waals surface area contributed by atoms with E-state index >= 15 is 0 Å². The van der Waals surface area contributed by atoms with E-state index in [-0.39, 0.29) is 5.97 Å². The molecule has 0 saturated carbocycles. The zero-order valence-electron chi connectivity index (χ0n) is 8.49. The molecule has 0 fully saturated rings. The molecule has 1 aliphatic rings. The molecule has 0 aromatic heterocycles. The van der Waals surface area contributed by atoms with Crippen molar-refractivity contribution in [2.75, 3.05) is 6.61 Å². The third-order valence-electron chi connectivity index (χ3n) is 2.38. The molecule has 0 radical (unpaired) electrons. The average Bonchev–Trinajstić information content (AvgIpc) is 2.54. The lowest BCUT2D eigenvalue weighted by molar-refractivity contribution is -0.351. The molecule has 0 bridgehead atoms. The zero-order chi connectivity index (χ0) is 10.8. The lowest BCUT2D eigenvalue weighted by atomic mass is 10.00. The van der Waals surface area contributed by atoms with E-state index in [1.165, 1.54) is 0 Å². The summed E-state index contributed by atoms with van der Waals surface area (Å²) in [5, 5.41) is 0. The number of amidine groups is 1. The molecule has 1 aliphatic heterocycles. The summed E-state index contributed by atoms with van der Waals surface area (Å²) in [5.74, 6) is -0.330. The van der Waals surface area contributed by atoms with E-state index in [0.717, 1.165) is 11.3 Å². The average molecular weight is 205 g/mol. The SMILES string of the molecule is CCOC(=O)C1C(N)=[NH+]c2ccccc21. The van der Waals surface area contributed by atoms with Crippen LogP contribution in [0.1, 0.15) is 18.4 Å². The Labute approximate surface area is 87.8 Å². The first-order chi connectivity index (χ1) is 7.24. The summed E-state index contributed by atoms with van der Waals surface area (Å²) in [6.07, 6.45) is 0. The van der Waals surface area contributed by atoms with E-state index in [9.17, 15) is 4.79 Å². The maximum Gasteiger partial charge on any atom is 0.326 e. The van der Waals surface area contributed by atoms with Crippen molar-refractivity contribution in [1.29, 1.82) is 0 Å². The second-order valence-electron chi connectivity index (χ2n) is 3.35. The van der Waals surface area contributed by atoms with Crippen molar-refractivity contribution in [3.8, 4) is 0 Å². The Morgan fingerprint density at radius 2 is 2.27 bits per heavy atom. The second kappa shape index (κ2) is 3.73. The van der Waals surface area contributed by atoms with Crippen LogP contribution in [0.3, 0.4) is 0 Å². The summed E-state index contributed by atoms with van der Waals surface area (Å²) in [5.41, 5.74) is 7.53. The van der Waals surface area contributed by atoms with Gasteiger partial charge in [-0.3, -0.25) is 10.5 Å². The van der Waals surface area contributed by atoms with Crippen molar-refractivity contribution >= 4 is 17.5 Å². The van der Waals surface area contributed by atoms with E-state index in [1.807, 2.05) is 24.3 Å². The van der Waals surface area contributed by atoms with Crippen molar-refractivity contribution in [1.82, 2.24) is 0 Å². The summed E-state index contributed by atoms with van der Waals surface area (Å²) < 4.78 is 4.97. The van der Waals surface area contributed by atoms with Gasteiger partial charge in [-0.1, -0.05) is 18.2 Å². The highest BCUT2D eigenvalue weighted by atomic mass is 16.5. The Hall–Kier alpha value is -1.84. The largest absolute Gasteiger partial charge is 0.465 e. The van der Waals surface area contributed by atoms with Crippen molar-refractivity contribution in [3.63, 3.8) is 0 Å². The van der Waals surface area contributed by atoms with Crippen molar-refractivity contribution < 1.29 is 14.5 Å². The van der Waals surface area contributed by atoms with Gasteiger partial charge in [-0.25, -0.2) is 4.99 Å². The van der Waals surface area contributed by atoms with Gasteiger partial charge >= 0.3 is 5.97 Å². The topological polar surface area (TPSA) is 66.3 Å². The molecule has 1 atom stereocenters. The van der Waals surface area contributed by atoms with Gasteiger partial charge in [-0.05, 0) is 13.0 Å². The van der Waals surface area contributed by atoms with Gasteiger partial charge in [0.2, 0.25) is 0 Å². The summed E-state index contributed by atoms with van der Waals surface area (Å²) in [7, 11) is 0. The van der Waals surface area contributed by atoms with Gasteiger partial charge in [0, 0.05) is 5.56 Å². The molecule has 0 spiro atoms. The number of hydrogen-bond acceptors (Lipinski definition) is 3. The molecule has 0 aliphatic carbocycles. The molecule has 2 rings (SSSR count). The first-order valence-electron chi connectivity index (χ1n) is 4.89. The third kappa shape index (κ3) is 1.58. The van der Waals surface area contributed by atoms with Crippen LogP contribution in [0.4, 0.5) is 5.69 Å². The lowest BCUT2D eigenvalue weighted by Crippen LogP contribution is -2.67. The molecule has 3 N–H and O–H groups in total. The molecular formula is C11H13N2O2+. The summed E-state index contributed by atoms with van der Waals surface area (Å²) in [6.45, 7) is 2.15. The molecule has 4 nitrogen and oxygen atoms in total. The molecule has 1 aromatic rings. The van der Waals surface area contributed by atoms with Gasteiger partial charge in [-0.15, -0.1) is 0 Å². The molecule has 1 unspecified atom stereocenters. The number of benzene rings is 1. The van der Waals surface area contributed by atoms with Crippen LogP contribution in [-0.4, -0.2) is 18.4 Å². The number of nitrogens with one attached hydrogen (secondary N) is 1. The number of rotatable bonds is 2. The Morgan fingerprint density at radius 1 is 1.53 bits per heavy atom. The number of para-hydroxylation sites is 1. The van der Waals surface area contributed by atoms with Gasteiger partial charge in [-0.2, -0.15) is 0 Å². The zero-order valence-corrected chi connectivity index (χ0v) is 8.49. The lowest BCUT2D eigenvalue weighted by Gasteiger charge is -2.07. The number of carbonyl (C=O) groups is 1. The monoisotopic (exact) mass is 205 g/mol. The van der Waals surface area contributed by atoms with E-state index in [0.29, 0.717) is 12.4 Å². The molecule has 1 aromatic carbocycles. The minimum atomic E-state index is -0.471. The maximum absolute atomic E-state index is 11.7. The van der Waals surface area contributed by atoms with E-state index in [4.69, 9.17) is 10.5 Å². The van der Waals surface area contributed by atoms with Crippen molar-refractivity contribution in [2.24, 2.45) is 5.73 Å². The van der Waals surface area contributed by atoms with Crippen LogP contribution in [0.5, 0.6) is 0 Å². The van der Waals surface area contributed by atoms with Gasteiger partial charge in [0.25, 0.3) is 5.84 Å². The third-order valence-corrected chi connectivity index (χ3v) is 2.38. The number of ether oxygens (including phenoxy) is 1. The fourth-order valence-electron chi connectivity index (χ4n) is 1.74. The van der Waals surface area contributed by atoms with Crippen LogP contribution in [-0.2, 0) is 9.53 Å². The Morgan fingerprint density at radius 3 is 3.00 bits per heavy atom. The standard InChI is InChI=1S/C11H12N2O2/c1-2-15-11(14)9-7-5-3-4-6-8(7)13-10(9)12/h3-6,9H,2H2,1H3,(H2,12,13)/p+1. The van der Waals surface area contributed by atoms with Gasteiger partial charge in [0.15, 0.2) is 5.92 Å². The highest BCUT2D eigenvalue weighted by Gasteiger charge is 2.37. The number of fused-ring (bicyclic) bond motifs is 1. The first kappa shape index (κ1) is 9.71. The minimum Gasteiger partial charge on any atom is -0.465 e. The summed E-state index contributed by atoms with van der Waals surface area (Å²) >= 11 is 0.